The van der Waals surface area contributed by atoms with Gasteiger partial charge in [-0.25, -0.2) is 0 Å². The third-order valence-corrected chi connectivity index (χ3v) is 5.15. The molecule has 29 heavy (non-hydrogen) atoms. The van der Waals surface area contributed by atoms with Crippen molar-refractivity contribution >= 4 is 34.4 Å². The van der Waals surface area contributed by atoms with Gasteiger partial charge in [-0.2, -0.15) is 0 Å². The second kappa shape index (κ2) is 7.57. The van der Waals surface area contributed by atoms with Crippen molar-refractivity contribution in [1.82, 2.24) is 4.57 Å². The summed E-state index contributed by atoms with van der Waals surface area (Å²) in [6.07, 6.45) is -0.176. The molecule has 1 N–H and O–H groups in total. The van der Waals surface area contributed by atoms with Crippen LogP contribution in [0.3, 0.4) is 0 Å². The number of carboxylic acids is 1. The summed E-state index contributed by atoms with van der Waals surface area (Å²) in [5.74, 6) is -1.17. The van der Waals surface area contributed by atoms with E-state index < -0.39 is 5.97 Å². The lowest BCUT2D eigenvalue weighted by Crippen LogP contribution is -2.14. The van der Waals surface area contributed by atoms with Crippen LogP contribution in [0.15, 0.2) is 72.8 Å². The van der Waals surface area contributed by atoms with Crippen LogP contribution < -0.4 is 0 Å². The van der Waals surface area contributed by atoms with Gasteiger partial charge in [0.05, 0.1) is 17.6 Å². The van der Waals surface area contributed by atoms with Crippen molar-refractivity contribution in [1.29, 1.82) is 0 Å². The molecule has 0 aliphatic heterocycles. The van der Waals surface area contributed by atoms with E-state index in [0.717, 1.165) is 16.5 Å². The number of carboxylic acid groups (broad SMARTS) is 1. The van der Waals surface area contributed by atoms with Gasteiger partial charge in [0.2, 0.25) is 0 Å². The number of aryl methyl sites for hydroxylation is 1. The fraction of sp³-hybridized carbons (Fsp3) is 0.0833. The van der Waals surface area contributed by atoms with Gasteiger partial charge >= 0.3 is 5.97 Å². The first-order valence-electron chi connectivity index (χ1n) is 9.17. The summed E-state index contributed by atoms with van der Waals surface area (Å²) in [6, 6.07) is 21.8. The van der Waals surface area contributed by atoms with Gasteiger partial charge in [0, 0.05) is 16.0 Å². The molecule has 4 rings (SSSR count). The lowest BCUT2D eigenvalue weighted by atomic mass is 10.0. The molecule has 0 saturated carbocycles. The molecule has 0 amide bonds. The van der Waals surface area contributed by atoms with E-state index in [1.165, 1.54) is 0 Å². The number of carbonyl (C=O) groups is 2. The normalized spacial score (nSPS) is 11.0. The van der Waals surface area contributed by atoms with Crippen LogP contribution in [0.5, 0.6) is 0 Å². The second-order valence-electron chi connectivity index (χ2n) is 6.93. The van der Waals surface area contributed by atoms with E-state index in [4.69, 9.17) is 11.6 Å². The molecular formula is C24H18ClNO3. The zero-order valence-electron chi connectivity index (χ0n) is 15.7. The minimum atomic E-state index is -0.943. The van der Waals surface area contributed by atoms with Crippen LogP contribution in [-0.2, 0) is 11.2 Å². The Balaban J connectivity index is 2.07. The molecule has 4 nitrogen and oxygen atoms in total. The maximum Gasteiger partial charge on any atom is 0.307 e. The van der Waals surface area contributed by atoms with Crippen LogP contribution >= 0.6 is 11.6 Å². The second-order valence-corrected chi connectivity index (χ2v) is 7.37. The summed E-state index contributed by atoms with van der Waals surface area (Å²) < 4.78 is 1.62. The summed E-state index contributed by atoms with van der Waals surface area (Å²) in [7, 11) is 0. The lowest BCUT2D eigenvalue weighted by molar-refractivity contribution is -0.136. The number of rotatable bonds is 4. The molecule has 4 aromatic rings. The van der Waals surface area contributed by atoms with E-state index in [1.54, 1.807) is 28.8 Å². The Labute approximate surface area is 173 Å². The van der Waals surface area contributed by atoms with Gasteiger partial charge in [0.15, 0.2) is 0 Å². The molecule has 0 aliphatic rings. The highest BCUT2D eigenvalue weighted by Crippen LogP contribution is 2.35. The fourth-order valence-corrected chi connectivity index (χ4v) is 3.76. The van der Waals surface area contributed by atoms with Gasteiger partial charge in [-0.3, -0.25) is 14.2 Å². The Morgan fingerprint density at radius 1 is 0.966 bits per heavy atom. The molecule has 3 aromatic carbocycles. The fourth-order valence-electron chi connectivity index (χ4n) is 3.63. The number of hydrogen-bond acceptors (Lipinski definition) is 2. The molecule has 0 spiro atoms. The average Bonchev–Trinajstić information content (AvgIpc) is 3.01. The number of benzene rings is 3. The standard InChI is InChI=1S/C24H18ClNO3/c1-15-7-12-21-19(13-15)20(14-22(27)28)23(16-5-3-2-4-6-16)26(21)24(29)17-8-10-18(25)11-9-17/h2-13H,14H2,1H3,(H,27,28). The maximum absolute atomic E-state index is 13.5. The zero-order valence-corrected chi connectivity index (χ0v) is 16.5. The SMILES string of the molecule is Cc1ccc2c(c1)c(CC(=O)O)c(-c1ccccc1)n2C(=O)c1ccc(Cl)cc1. The first kappa shape index (κ1) is 19.0. The predicted molar refractivity (Wildman–Crippen MR) is 115 cm³/mol. The molecule has 1 heterocycles. The lowest BCUT2D eigenvalue weighted by Gasteiger charge is -2.11. The van der Waals surface area contributed by atoms with Gasteiger partial charge in [-0.05, 0) is 54.4 Å². The number of nitrogens with zero attached hydrogens (tertiary/aromatic N) is 1. The third-order valence-electron chi connectivity index (χ3n) is 4.90. The van der Waals surface area contributed by atoms with Gasteiger partial charge < -0.3 is 5.11 Å². The summed E-state index contributed by atoms with van der Waals surface area (Å²) in [6.45, 7) is 1.95. The summed E-state index contributed by atoms with van der Waals surface area (Å²) in [4.78, 5) is 25.2. The van der Waals surface area contributed by atoms with E-state index in [9.17, 15) is 14.7 Å². The Hall–Kier alpha value is -3.37. The van der Waals surface area contributed by atoms with E-state index in [1.807, 2.05) is 55.5 Å². The number of hydrogen-bond donors (Lipinski definition) is 1. The maximum atomic E-state index is 13.5. The predicted octanol–water partition coefficient (Wildman–Crippen LogP) is 5.59. The molecule has 0 saturated heterocycles. The molecular weight excluding hydrogens is 386 g/mol. The Kier molecular flexibility index (Phi) is 4.95. The first-order chi connectivity index (χ1) is 14.0. The average molecular weight is 404 g/mol. The van der Waals surface area contributed by atoms with Crippen molar-refractivity contribution < 1.29 is 14.7 Å². The van der Waals surface area contributed by atoms with Gasteiger partial charge in [-0.1, -0.05) is 53.6 Å². The van der Waals surface area contributed by atoms with Crippen molar-refractivity contribution in [3.05, 3.63) is 94.5 Å². The Morgan fingerprint density at radius 2 is 1.66 bits per heavy atom. The van der Waals surface area contributed by atoms with Crippen LogP contribution in [0.2, 0.25) is 5.02 Å². The molecule has 0 unspecified atom stereocenters. The molecule has 0 atom stereocenters. The van der Waals surface area contributed by atoms with E-state index >= 15 is 0 Å². The monoisotopic (exact) mass is 403 g/mol. The van der Waals surface area contributed by atoms with E-state index in [2.05, 4.69) is 0 Å². The van der Waals surface area contributed by atoms with Crippen LogP contribution in [0.25, 0.3) is 22.2 Å². The number of aliphatic carboxylic acids is 1. The minimum absolute atomic E-state index is 0.176. The van der Waals surface area contributed by atoms with Crippen LogP contribution in [0.4, 0.5) is 0 Å². The van der Waals surface area contributed by atoms with Crippen molar-refractivity contribution in [2.75, 3.05) is 0 Å². The first-order valence-corrected chi connectivity index (χ1v) is 9.55. The quantitative estimate of drug-likeness (QED) is 0.483. The van der Waals surface area contributed by atoms with Crippen LogP contribution in [0, 0.1) is 6.92 Å². The van der Waals surface area contributed by atoms with E-state index in [0.29, 0.717) is 27.4 Å². The molecule has 0 aliphatic carbocycles. The number of aromatic nitrogens is 1. The highest BCUT2D eigenvalue weighted by atomic mass is 35.5. The van der Waals surface area contributed by atoms with Crippen LogP contribution in [0.1, 0.15) is 21.5 Å². The summed E-state index contributed by atoms with van der Waals surface area (Å²) in [5, 5.41) is 10.9. The van der Waals surface area contributed by atoms with E-state index in [-0.39, 0.29) is 12.3 Å². The molecule has 0 bridgehead atoms. The van der Waals surface area contributed by atoms with Gasteiger partial charge in [-0.15, -0.1) is 0 Å². The van der Waals surface area contributed by atoms with Crippen molar-refractivity contribution in [3.8, 4) is 11.3 Å². The number of carbonyl (C=O) groups excluding carboxylic acids is 1. The highest BCUT2D eigenvalue weighted by Gasteiger charge is 2.24. The molecule has 0 fully saturated rings. The summed E-state index contributed by atoms with van der Waals surface area (Å²) in [5.41, 5.74) is 4.19. The smallest absolute Gasteiger partial charge is 0.307 e. The van der Waals surface area contributed by atoms with Crippen molar-refractivity contribution in [3.63, 3.8) is 0 Å². The zero-order chi connectivity index (χ0) is 20.5. The van der Waals surface area contributed by atoms with Crippen molar-refractivity contribution in [2.24, 2.45) is 0 Å². The van der Waals surface area contributed by atoms with Crippen LogP contribution in [-0.4, -0.2) is 21.6 Å². The van der Waals surface area contributed by atoms with Gasteiger partial charge in [0.1, 0.15) is 0 Å². The molecule has 144 valence electrons. The largest absolute Gasteiger partial charge is 0.481 e. The summed E-state index contributed by atoms with van der Waals surface area (Å²) >= 11 is 5.98. The van der Waals surface area contributed by atoms with Crippen molar-refractivity contribution in [2.45, 2.75) is 13.3 Å². The molecule has 1 aromatic heterocycles. The number of halogens is 1. The molecule has 5 heteroatoms. The Morgan fingerprint density at radius 3 is 2.31 bits per heavy atom. The topological polar surface area (TPSA) is 59.3 Å². The highest BCUT2D eigenvalue weighted by molar-refractivity contribution is 6.30. The minimum Gasteiger partial charge on any atom is -0.481 e. The molecule has 0 radical (unpaired) electrons. The van der Waals surface area contributed by atoms with Gasteiger partial charge in [0.25, 0.3) is 5.91 Å². The Bertz CT molecular complexity index is 1220. The third kappa shape index (κ3) is 3.55. The number of fused-ring (bicyclic) bond motifs is 1.